The van der Waals surface area contributed by atoms with E-state index in [1.54, 1.807) is 6.20 Å². The van der Waals surface area contributed by atoms with Crippen molar-refractivity contribution in [2.45, 2.75) is 52.4 Å². The number of pyridine rings is 2. The van der Waals surface area contributed by atoms with E-state index in [0.29, 0.717) is 0 Å². The van der Waals surface area contributed by atoms with Gasteiger partial charge in [0.2, 0.25) is 0 Å². The largest absolute Gasteiger partial charge is 0.505 e. The van der Waals surface area contributed by atoms with E-state index in [2.05, 4.69) is 43.1 Å². The minimum Gasteiger partial charge on any atom is -0.505 e. The van der Waals surface area contributed by atoms with Crippen molar-refractivity contribution in [2.24, 2.45) is 0 Å². The van der Waals surface area contributed by atoms with Gasteiger partial charge in [-0.3, -0.25) is 0 Å². The predicted molar refractivity (Wildman–Crippen MR) is 142 cm³/mol. The molecule has 1 aliphatic carbocycles. The maximum Gasteiger partial charge on any atom is 0.0930 e. The molecule has 0 fully saturated rings. The maximum absolute atomic E-state index is 6.23. The zero-order chi connectivity index (χ0) is 24.0. The molecule has 5 aromatic rings. The van der Waals surface area contributed by atoms with E-state index < -0.39 is 0 Å². The minimum atomic E-state index is 0. The molecular weight excluding hydrogens is 621 g/mol. The molecule has 0 unspecified atom stereocenters. The van der Waals surface area contributed by atoms with Gasteiger partial charge in [0.15, 0.2) is 0 Å². The number of aromatic nitrogens is 2. The van der Waals surface area contributed by atoms with Crippen LogP contribution in [0.2, 0.25) is 0 Å². The van der Waals surface area contributed by atoms with Gasteiger partial charge in [-0.1, -0.05) is 48.6 Å². The Hall–Kier alpha value is -3.07. The summed E-state index contributed by atoms with van der Waals surface area (Å²) < 4.78 is 6.23. The van der Waals surface area contributed by atoms with Crippen LogP contribution in [-0.2, 0) is 45.8 Å². The van der Waals surface area contributed by atoms with Crippen molar-refractivity contribution in [3.63, 3.8) is 0 Å². The number of furan rings is 1. The molecule has 36 heavy (non-hydrogen) atoms. The Morgan fingerprint density at radius 1 is 0.833 bits per heavy atom. The first kappa shape index (κ1) is 26.0. The summed E-state index contributed by atoms with van der Waals surface area (Å²) in [4.78, 5) is 8.91. The van der Waals surface area contributed by atoms with Gasteiger partial charge >= 0.3 is 0 Å². The van der Waals surface area contributed by atoms with E-state index in [-0.39, 0.29) is 20.1 Å². The van der Waals surface area contributed by atoms with Crippen LogP contribution < -0.4 is 0 Å². The number of nitrogens with zero attached hydrogens (tertiary/aromatic N) is 2. The SMILES string of the molecule is CCc1cnc(-c2[c-]ccc3c4c(oc23)CCCC4)cc1CC.[Ir].[c-]1ccccc1-c1ccccn1. The van der Waals surface area contributed by atoms with Crippen LogP contribution in [-0.4, -0.2) is 9.97 Å². The van der Waals surface area contributed by atoms with Gasteiger partial charge < -0.3 is 14.4 Å². The summed E-state index contributed by atoms with van der Waals surface area (Å²) in [5.74, 6) is 1.17. The number of rotatable bonds is 4. The zero-order valence-electron chi connectivity index (χ0n) is 20.8. The molecule has 0 saturated heterocycles. The van der Waals surface area contributed by atoms with Gasteiger partial charge in [0.25, 0.3) is 0 Å². The molecule has 3 aromatic heterocycles. The van der Waals surface area contributed by atoms with E-state index in [4.69, 9.17) is 9.40 Å². The molecule has 0 N–H and O–H groups in total. The summed E-state index contributed by atoms with van der Waals surface area (Å²) in [6, 6.07) is 26.6. The van der Waals surface area contributed by atoms with E-state index in [1.807, 2.05) is 54.7 Å². The Bertz CT molecular complexity index is 1370. The molecule has 0 amide bonds. The maximum atomic E-state index is 6.23. The molecule has 4 heteroatoms. The summed E-state index contributed by atoms with van der Waals surface area (Å²) in [7, 11) is 0. The van der Waals surface area contributed by atoms with Crippen LogP contribution in [0.5, 0.6) is 0 Å². The normalized spacial score (nSPS) is 12.3. The molecule has 1 radical (unpaired) electrons. The monoisotopic (exact) mass is 651 g/mol. The molecule has 0 atom stereocenters. The number of hydrogen-bond acceptors (Lipinski definition) is 3. The quantitative estimate of drug-likeness (QED) is 0.186. The Labute approximate surface area is 227 Å². The fraction of sp³-hybridized carbons (Fsp3) is 0.250. The third-order valence-electron chi connectivity index (χ3n) is 6.67. The first-order chi connectivity index (χ1) is 17.3. The van der Waals surface area contributed by atoms with Gasteiger partial charge in [-0.15, -0.1) is 54.1 Å². The Kier molecular flexibility index (Phi) is 8.85. The molecule has 6 rings (SSSR count). The number of benzene rings is 2. The number of hydrogen-bond donors (Lipinski definition) is 0. The molecule has 2 aromatic carbocycles. The molecule has 0 spiro atoms. The van der Waals surface area contributed by atoms with E-state index >= 15 is 0 Å². The van der Waals surface area contributed by atoms with Gasteiger partial charge in [0.1, 0.15) is 0 Å². The van der Waals surface area contributed by atoms with Gasteiger partial charge in [-0.05, 0) is 60.7 Å². The second-order valence-electron chi connectivity index (χ2n) is 8.84. The van der Waals surface area contributed by atoms with Crippen LogP contribution in [0.15, 0.2) is 77.5 Å². The van der Waals surface area contributed by atoms with E-state index in [0.717, 1.165) is 53.8 Å². The molecule has 0 aliphatic heterocycles. The molecule has 0 bridgehead atoms. The van der Waals surface area contributed by atoms with E-state index in [1.165, 1.54) is 40.7 Å². The van der Waals surface area contributed by atoms with Crippen molar-refractivity contribution >= 4 is 11.0 Å². The Morgan fingerprint density at radius 3 is 2.42 bits per heavy atom. The smallest absolute Gasteiger partial charge is 0.0930 e. The van der Waals surface area contributed by atoms with Crippen LogP contribution in [0.25, 0.3) is 33.5 Å². The average Bonchev–Trinajstić information content (AvgIpc) is 3.33. The van der Waals surface area contributed by atoms with Crippen LogP contribution in [0, 0.1) is 12.1 Å². The number of aryl methyl sites for hydroxylation is 4. The Morgan fingerprint density at radius 2 is 1.67 bits per heavy atom. The molecular formula is C32H30IrN2O-2. The van der Waals surface area contributed by atoms with Gasteiger partial charge in [0, 0.05) is 38.9 Å². The van der Waals surface area contributed by atoms with Crippen molar-refractivity contribution in [3.05, 3.63) is 108 Å². The fourth-order valence-electron chi connectivity index (χ4n) is 4.80. The summed E-state index contributed by atoms with van der Waals surface area (Å²) in [5, 5.41) is 1.26. The van der Waals surface area contributed by atoms with Crippen molar-refractivity contribution < 1.29 is 24.5 Å². The predicted octanol–water partition coefficient (Wildman–Crippen LogP) is 7.84. The molecule has 1 aliphatic rings. The van der Waals surface area contributed by atoms with Crippen molar-refractivity contribution in [2.75, 3.05) is 0 Å². The van der Waals surface area contributed by atoms with E-state index in [9.17, 15) is 0 Å². The van der Waals surface area contributed by atoms with Crippen LogP contribution in [0.1, 0.15) is 49.1 Å². The molecule has 3 heterocycles. The second kappa shape index (κ2) is 12.3. The topological polar surface area (TPSA) is 38.9 Å². The zero-order valence-corrected chi connectivity index (χ0v) is 23.2. The summed E-state index contributed by atoms with van der Waals surface area (Å²) in [6.45, 7) is 4.39. The molecule has 185 valence electrons. The summed E-state index contributed by atoms with van der Waals surface area (Å²) in [5.41, 5.74) is 9.09. The van der Waals surface area contributed by atoms with Crippen LogP contribution in [0.3, 0.4) is 0 Å². The minimum absolute atomic E-state index is 0. The third-order valence-corrected chi connectivity index (χ3v) is 6.67. The number of fused-ring (bicyclic) bond motifs is 3. The van der Waals surface area contributed by atoms with Gasteiger partial charge in [-0.25, -0.2) is 0 Å². The first-order valence-electron chi connectivity index (χ1n) is 12.6. The summed E-state index contributed by atoms with van der Waals surface area (Å²) in [6.07, 6.45) is 10.6. The second-order valence-corrected chi connectivity index (χ2v) is 8.84. The first-order valence-corrected chi connectivity index (χ1v) is 12.6. The van der Waals surface area contributed by atoms with Crippen LogP contribution >= 0.6 is 0 Å². The van der Waals surface area contributed by atoms with Crippen molar-refractivity contribution in [3.8, 4) is 22.5 Å². The van der Waals surface area contributed by atoms with Crippen LogP contribution in [0.4, 0.5) is 0 Å². The fourth-order valence-corrected chi connectivity index (χ4v) is 4.80. The molecule has 0 saturated carbocycles. The average molecular weight is 651 g/mol. The van der Waals surface area contributed by atoms with Crippen molar-refractivity contribution in [1.82, 2.24) is 9.97 Å². The van der Waals surface area contributed by atoms with Gasteiger partial charge in [-0.2, -0.15) is 0 Å². The Balaban J connectivity index is 0.000000198. The molecule has 3 nitrogen and oxygen atoms in total. The standard InChI is InChI=1S/C21H22NO.C11H8N.Ir/c1-3-14-12-19(22-13-15(14)4-2)18-10-7-9-17-16-8-5-6-11-20(16)23-21(17)18;1-2-6-10(7-3-1)11-8-4-5-9-12-11;/h7,9,12-13H,3-6,8,11H2,1-2H3;1-6,8-9H;/q2*-1;. The van der Waals surface area contributed by atoms with Gasteiger partial charge in [0.05, 0.1) is 11.3 Å². The van der Waals surface area contributed by atoms with Crippen molar-refractivity contribution in [1.29, 1.82) is 0 Å². The third kappa shape index (κ3) is 5.51. The summed E-state index contributed by atoms with van der Waals surface area (Å²) >= 11 is 0.